The van der Waals surface area contributed by atoms with Gasteiger partial charge in [-0.3, -0.25) is 0 Å². The van der Waals surface area contributed by atoms with Gasteiger partial charge in [-0.2, -0.15) is 21.0 Å². The second-order valence-corrected chi connectivity index (χ2v) is 10.4. The first kappa shape index (κ1) is 26.3. The van der Waals surface area contributed by atoms with E-state index in [4.69, 9.17) is 0 Å². The molecular weight excluding hydrogens is 550 g/mol. The van der Waals surface area contributed by atoms with Crippen LogP contribution in [0.15, 0.2) is 108 Å². The maximum Gasteiger partial charge on any atom is 0.138 e. The summed E-state index contributed by atoms with van der Waals surface area (Å²) in [7, 11) is 0. The summed E-state index contributed by atoms with van der Waals surface area (Å²) in [5, 5.41) is 39.8. The molecule has 2 aliphatic carbocycles. The molecule has 0 saturated heterocycles. The van der Waals surface area contributed by atoms with Gasteiger partial charge in [-0.25, -0.2) is 8.78 Å². The van der Waals surface area contributed by atoms with E-state index >= 15 is 0 Å². The van der Waals surface area contributed by atoms with Gasteiger partial charge in [-0.15, -0.1) is 0 Å². The van der Waals surface area contributed by atoms with Crippen LogP contribution in [0.3, 0.4) is 0 Å². The zero-order valence-corrected chi connectivity index (χ0v) is 22.8. The number of nitrogens with zero attached hydrogens (tertiary/aromatic N) is 4. The fraction of sp³-hybridized carbons (Fsp3) is 0. The smallest absolute Gasteiger partial charge is 0.138 e. The number of fused-ring (bicyclic) bond motifs is 6. The van der Waals surface area contributed by atoms with Crippen molar-refractivity contribution in [3.05, 3.63) is 142 Å². The minimum atomic E-state index is -0.377. The van der Waals surface area contributed by atoms with Crippen LogP contribution in [0.5, 0.6) is 0 Å². The molecule has 0 aliphatic heterocycles. The van der Waals surface area contributed by atoms with Gasteiger partial charge in [0.05, 0.1) is 0 Å². The average molecular weight is 567 g/mol. The van der Waals surface area contributed by atoms with Crippen LogP contribution >= 0.6 is 0 Å². The summed E-state index contributed by atoms with van der Waals surface area (Å²) < 4.78 is 28.1. The molecule has 0 aromatic heterocycles. The van der Waals surface area contributed by atoms with Crippen molar-refractivity contribution in [1.82, 2.24) is 0 Å². The molecule has 7 rings (SSSR count). The number of rotatable bonds is 2. The number of nitriles is 4. The van der Waals surface area contributed by atoms with Crippen LogP contribution in [0.1, 0.15) is 22.3 Å². The summed E-state index contributed by atoms with van der Waals surface area (Å²) in [4.78, 5) is 0. The fourth-order valence-corrected chi connectivity index (χ4v) is 6.23. The largest absolute Gasteiger partial charge is 0.207 e. The van der Waals surface area contributed by atoms with Crippen LogP contribution in [0.2, 0.25) is 0 Å². The molecule has 0 atom stereocenters. The Morgan fingerprint density at radius 3 is 1.11 bits per heavy atom. The highest BCUT2D eigenvalue weighted by Gasteiger charge is 2.34. The van der Waals surface area contributed by atoms with Gasteiger partial charge in [0.2, 0.25) is 0 Å². The summed E-state index contributed by atoms with van der Waals surface area (Å²) in [6, 6.07) is 35.5. The lowest BCUT2D eigenvalue weighted by Crippen LogP contribution is -1.91. The molecule has 0 bridgehead atoms. The van der Waals surface area contributed by atoms with Crippen LogP contribution in [0, 0.1) is 57.0 Å². The Morgan fingerprint density at radius 1 is 0.386 bits per heavy atom. The van der Waals surface area contributed by atoms with E-state index in [0.717, 1.165) is 33.4 Å². The molecule has 0 unspecified atom stereocenters. The van der Waals surface area contributed by atoms with Gasteiger partial charge in [-0.05, 0) is 115 Å². The Bertz CT molecular complexity index is 2150. The molecule has 0 radical (unpaired) electrons. The third-order valence-electron chi connectivity index (χ3n) is 8.12. The van der Waals surface area contributed by atoms with Crippen molar-refractivity contribution in [2.24, 2.45) is 0 Å². The lowest BCUT2D eigenvalue weighted by atomic mass is 9.93. The minimum absolute atomic E-state index is 0.0634. The first-order chi connectivity index (χ1) is 21.4. The molecule has 2 aliphatic rings. The van der Waals surface area contributed by atoms with E-state index in [0.29, 0.717) is 44.5 Å². The van der Waals surface area contributed by atoms with Gasteiger partial charge in [0, 0.05) is 11.1 Å². The first-order valence-corrected chi connectivity index (χ1v) is 13.5. The zero-order chi connectivity index (χ0) is 30.5. The van der Waals surface area contributed by atoms with E-state index < -0.39 is 0 Å². The first-order valence-electron chi connectivity index (χ1n) is 13.5. The van der Waals surface area contributed by atoms with Crippen molar-refractivity contribution in [3.63, 3.8) is 0 Å². The van der Waals surface area contributed by atoms with Crippen LogP contribution < -0.4 is 0 Å². The quantitative estimate of drug-likeness (QED) is 0.195. The molecule has 202 valence electrons. The van der Waals surface area contributed by atoms with Crippen molar-refractivity contribution >= 4 is 11.1 Å². The van der Waals surface area contributed by atoms with E-state index in [1.54, 1.807) is 24.3 Å². The molecule has 0 amide bonds. The van der Waals surface area contributed by atoms with Gasteiger partial charge in [-0.1, -0.05) is 48.5 Å². The molecule has 0 N–H and O–H groups in total. The van der Waals surface area contributed by atoms with E-state index in [1.807, 2.05) is 72.8 Å². The Labute approximate surface area is 251 Å². The predicted octanol–water partition coefficient (Wildman–Crippen LogP) is 8.96. The Hall–Kier alpha value is -6.60. The molecule has 4 nitrogen and oxygen atoms in total. The lowest BCUT2D eigenvalue weighted by Gasteiger charge is -2.08. The number of allylic oxidation sites excluding steroid dienone is 2. The molecule has 5 aromatic rings. The molecular formula is C38H16F2N4. The van der Waals surface area contributed by atoms with E-state index in [9.17, 15) is 29.8 Å². The summed E-state index contributed by atoms with van der Waals surface area (Å²) in [6.07, 6.45) is 0. The number of halogens is 2. The Kier molecular flexibility index (Phi) is 6.00. The summed E-state index contributed by atoms with van der Waals surface area (Å²) in [5.41, 5.74) is 9.27. The van der Waals surface area contributed by atoms with Crippen molar-refractivity contribution in [2.45, 2.75) is 0 Å². The van der Waals surface area contributed by atoms with Gasteiger partial charge in [0.1, 0.15) is 47.1 Å². The highest BCUT2D eigenvalue weighted by atomic mass is 19.1. The van der Waals surface area contributed by atoms with Crippen LogP contribution in [0.4, 0.5) is 8.78 Å². The van der Waals surface area contributed by atoms with E-state index in [-0.39, 0.29) is 22.8 Å². The Morgan fingerprint density at radius 2 is 0.750 bits per heavy atom. The van der Waals surface area contributed by atoms with Gasteiger partial charge < -0.3 is 0 Å². The molecule has 5 aromatic carbocycles. The minimum Gasteiger partial charge on any atom is -0.207 e. The zero-order valence-electron chi connectivity index (χ0n) is 22.8. The summed E-state index contributed by atoms with van der Waals surface area (Å²) in [5.74, 6) is -0.755. The standard InChI is InChI=1S/C38H16F2N4/c39-27-5-1-3-21(11-27)23-7-9-29-31-15-36-32(16-35(31)37(33(29)13-23)25(17-41)18-42)30-10-8-24(22-4-2-6-28(40)12-22)14-34(30)38(36)26(19-43)20-44/h1-16H. The molecule has 0 saturated carbocycles. The topological polar surface area (TPSA) is 95.2 Å². The van der Waals surface area contributed by atoms with Crippen molar-refractivity contribution in [3.8, 4) is 68.8 Å². The number of hydrogen-bond donors (Lipinski definition) is 0. The normalized spacial score (nSPS) is 11.7. The van der Waals surface area contributed by atoms with Crippen molar-refractivity contribution < 1.29 is 8.78 Å². The van der Waals surface area contributed by atoms with E-state index in [1.165, 1.54) is 24.3 Å². The van der Waals surface area contributed by atoms with Crippen LogP contribution in [-0.4, -0.2) is 0 Å². The van der Waals surface area contributed by atoms with E-state index in [2.05, 4.69) is 0 Å². The van der Waals surface area contributed by atoms with Gasteiger partial charge in [0.25, 0.3) is 0 Å². The second-order valence-electron chi connectivity index (χ2n) is 10.4. The molecule has 44 heavy (non-hydrogen) atoms. The lowest BCUT2D eigenvalue weighted by molar-refractivity contribution is 0.628. The fourth-order valence-electron chi connectivity index (χ4n) is 6.23. The maximum absolute atomic E-state index is 14.0. The van der Waals surface area contributed by atoms with Crippen molar-refractivity contribution in [2.75, 3.05) is 0 Å². The molecule has 6 heteroatoms. The third kappa shape index (κ3) is 3.92. The SMILES string of the molecule is N#CC(C#N)=C1c2cc(-c3cccc(F)c3)ccc2-c2cc3c(cc21)-c1ccc(-c2cccc(F)c2)cc1C3=C(C#N)C#N. The summed E-state index contributed by atoms with van der Waals surface area (Å²) >= 11 is 0. The highest BCUT2D eigenvalue weighted by molar-refractivity contribution is 6.11. The molecule has 0 heterocycles. The Balaban J connectivity index is 1.49. The van der Waals surface area contributed by atoms with Crippen LogP contribution in [0.25, 0.3) is 55.7 Å². The highest BCUT2D eigenvalue weighted by Crippen LogP contribution is 2.54. The van der Waals surface area contributed by atoms with Gasteiger partial charge >= 0.3 is 0 Å². The third-order valence-corrected chi connectivity index (χ3v) is 8.12. The number of hydrogen-bond acceptors (Lipinski definition) is 4. The molecule has 0 fully saturated rings. The average Bonchev–Trinajstić information content (AvgIpc) is 3.53. The predicted molar refractivity (Wildman–Crippen MR) is 163 cm³/mol. The monoisotopic (exact) mass is 566 g/mol. The van der Waals surface area contributed by atoms with Gasteiger partial charge in [0.15, 0.2) is 0 Å². The number of benzene rings is 5. The summed E-state index contributed by atoms with van der Waals surface area (Å²) in [6.45, 7) is 0. The van der Waals surface area contributed by atoms with Crippen molar-refractivity contribution in [1.29, 1.82) is 21.0 Å². The second kappa shape index (κ2) is 10.0. The van der Waals surface area contributed by atoms with Crippen LogP contribution in [-0.2, 0) is 0 Å². The molecule has 0 spiro atoms. The maximum atomic E-state index is 14.0.